The maximum atomic E-state index is 12.1. The van der Waals surface area contributed by atoms with Gasteiger partial charge in [0.2, 0.25) is 21.9 Å². The summed E-state index contributed by atoms with van der Waals surface area (Å²) in [7, 11) is 16.2. The number of halogens is 2. The van der Waals surface area contributed by atoms with Crippen LogP contribution in [0.4, 0.5) is 23.0 Å². The number of aromatic nitrogens is 4. The first-order chi connectivity index (χ1) is 30.2. The van der Waals surface area contributed by atoms with Crippen molar-refractivity contribution in [2.24, 2.45) is 0 Å². The van der Waals surface area contributed by atoms with Crippen molar-refractivity contribution >= 4 is 113 Å². The summed E-state index contributed by atoms with van der Waals surface area (Å²) >= 11 is 13.4. The number of nitro groups is 2. The van der Waals surface area contributed by atoms with Gasteiger partial charge >= 0.3 is 23.3 Å². The number of hydrogen-bond acceptors (Lipinski definition) is 19. The molecule has 2 aromatic carbocycles. The van der Waals surface area contributed by atoms with E-state index in [4.69, 9.17) is 50.3 Å². The van der Waals surface area contributed by atoms with E-state index in [0.717, 1.165) is 5.56 Å². The van der Waals surface area contributed by atoms with Gasteiger partial charge < -0.3 is 25.4 Å². The van der Waals surface area contributed by atoms with Gasteiger partial charge in [-0.3, -0.25) is 29.8 Å². The summed E-state index contributed by atoms with van der Waals surface area (Å²) in [5.74, 6) is -1.22. The second-order valence-corrected chi connectivity index (χ2v) is 12.9. The highest BCUT2D eigenvalue weighted by Crippen LogP contribution is 2.34. The lowest BCUT2D eigenvalue weighted by Gasteiger charge is -2.23. The number of nitriles is 2. The molecule has 0 aliphatic heterocycles. The fourth-order valence-electron chi connectivity index (χ4n) is 4.35. The average molecular weight is 937 g/mol. The Morgan fingerprint density at radius 3 is 1.79 bits per heavy atom. The molecule has 0 aliphatic carbocycles. The van der Waals surface area contributed by atoms with Gasteiger partial charge in [0.05, 0.1) is 60.7 Å². The number of rotatable bonds is 15. The second kappa shape index (κ2) is 34.9. The van der Waals surface area contributed by atoms with E-state index in [0.29, 0.717) is 35.0 Å². The fourth-order valence-corrected chi connectivity index (χ4v) is 5.71. The second-order valence-electron chi connectivity index (χ2n) is 10.6. The van der Waals surface area contributed by atoms with E-state index in [2.05, 4.69) is 63.0 Å². The van der Waals surface area contributed by atoms with Crippen LogP contribution in [0.2, 0.25) is 17.1 Å². The largest absolute Gasteiger partial charge is 0.465 e. The van der Waals surface area contributed by atoms with Crippen molar-refractivity contribution < 1.29 is 28.9 Å². The molecule has 27 heteroatoms. The molecule has 4 rings (SSSR count). The van der Waals surface area contributed by atoms with Gasteiger partial charge in [0.1, 0.15) is 6.54 Å². The van der Waals surface area contributed by atoms with E-state index in [-0.39, 0.29) is 66.7 Å². The number of ether oxygens (including phenoxy) is 2. The number of anilines is 2. The normalized spacial score (nSPS) is 9.25. The Kier molecular flexibility index (Phi) is 33.0. The fraction of sp³-hybridized carbons (Fsp3) is 0.333. The summed E-state index contributed by atoms with van der Waals surface area (Å²) in [6.45, 7) is 6.03. The molecular formula is C36H43B4Cl2N11O8S2. The molecule has 3 N–H and O–H groups in total. The number of carbonyl (C=O) groups is 2. The number of nitrogens with zero attached hydrogens (tertiary/aromatic N) is 9. The molecule has 0 atom stereocenters. The van der Waals surface area contributed by atoms with Crippen LogP contribution in [0, 0.1) is 42.9 Å². The molecular weight excluding hydrogens is 893 g/mol. The molecule has 2 aromatic heterocycles. The van der Waals surface area contributed by atoms with Gasteiger partial charge in [-0.05, 0) is 63.1 Å². The Balaban J connectivity index is -0.000000880. The first-order valence-corrected chi connectivity index (χ1v) is 20.3. The van der Waals surface area contributed by atoms with Crippen molar-refractivity contribution in [2.45, 2.75) is 51.5 Å². The van der Waals surface area contributed by atoms with Gasteiger partial charge in [0, 0.05) is 36.9 Å². The number of nitrogens with one attached hydrogen (secondary N) is 1. The van der Waals surface area contributed by atoms with E-state index >= 15 is 0 Å². The molecule has 19 nitrogen and oxygen atoms in total. The molecule has 0 unspecified atom stereocenters. The number of carbonyl (C=O) groups excluding carboxylic acids is 2. The zero-order chi connectivity index (χ0) is 48.5. The minimum absolute atomic E-state index is 0. The lowest BCUT2D eigenvalue weighted by atomic mass is 9.81. The number of hydrogen-bond donors (Lipinski definition) is 2. The van der Waals surface area contributed by atoms with Gasteiger partial charge in [0.15, 0.2) is 10.3 Å². The SMILES string of the molecule is C.CCOC(=O)CN(Cc1cccc(C#N)c1)c1nc(SC)nc(N)c1[N+](=O)[O-].CCOC(=O)CNCc1cccc(C#N)c1.CSc1nc(Cl)c([N+](=O)[O-])c(Cl)n1.[2H][B].[B]C.[B][B]. The lowest BCUT2D eigenvalue weighted by molar-refractivity contribution is -0.385. The zero-order valence-corrected chi connectivity index (χ0v) is 37.3. The van der Waals surface area contributed by atoms with E-state index in [1.807, 2.05) is 18.2 Å². The maximum absolute atomic E-state index is 12.1. The average Bonchev–Trinajstić information content (AvgIpc) is 3.28. The molecule has 4 aromatic rings. The van der Waals surface area contributed by atoms with Crippen molar-refractivity contribution in [1.82, 2.24) is 25.3 Å². The summed E-state index contributed by atoms with van der Waals surface area (Å²) in [5, 5.41) is 42.8. The third-order valence-corrected chi connectivity index (χ3v) is 8.32. The predicted octanol–water partition coefficient (Wildman–Crippen LogP) is 5.18. The standard InChI is InChI=1S/C17H18N6O4S.C12H14N2O2.C5H3Cl2N3O2S.CH3B.CH4.B2.BH/c1-3-27-13(24)10-22(9-12-6-4-5-11(7-12)8-18)16-14(23(25)26)15(19)20-17(21-16)28-2;1-2-16-12(15)9-14-8-11-5-3-4-10(6-11)7-13;1-13-5-8-3(6)2(10(11)12)4(7)9-5;1-2;;1-2;/h4-7H,3,9-10H2,1-2H3,(H2,19,20,21);3-6,14H,2,8-9H2,1H3;1H3;1H3;1H4;;1H/i;;;;;;1D. The summed E-state index contributed by atoms with van der Waals surface area (Å²) in [5.41, 5.74) is 7.52. The monoisotopic (exact) mass is 936 g/mol. The highest BCUT2D eigenvalue weighted by atomic mass is 35.5. The topological polar surface area (TPSA) is 279 Å². The first-order valence-electron chi connectivity index (χ1n) is 17.7. The van der Waals surface area contributed by atoms with Crippen molar-refractivity contribution in [3.05, 3.63) is 101 Å². The number of benzene rings is 2. The van der Waals surface area contributed by atoms with E-state index < -0.39 is 27.2 Å². The molecule has 0 amide bonds. The number of thioether (sulfide) groups is 2. The Hall–Kier alpha value is -5.58. The Labute approximate surface area is 392 Å². The molecule has 328 valence electrons. The zero-order valence-electron chi connectivity index (χ0n) is 35.1. The van der Waals surface area contributed by atoms with Crippen LogP contribution in [0.15, 0.2) is 58.8 Å². The van der Waals surface area contributed by atoms with Crippen LogP contribution in [-0.2, 0) is 32.2 Å². The van der Waals surface area contributed by atoms with Crippen LogP contribution in [0.25, 0.3) is 0 Å². The Bertz CT molecular complexity index is 2150. The molecule has 63 heavy (non-hydrogen) atoms. The van der Waals surface area contributed by atoms with Crippen molar-refractivity contribution in [3.8, 4) is 12.1 Å². The Morgan fingerprint density at radius 1 is 0.873 bits per heavy atom. The van der Waals surface area contributed by atoms with Crippen molar-refractivity contribution in [1.29, 1.82) is 11.9 Å². The van der Waals surface area contributed by atoms with Crippen LogP contribution < -0.4 is 16.0 Å². The minimum Gasteiger partial charge on any atom is -0.465 e. The van der Waals surface area contributed by atoms with Crippen molar-refractivity contribution in [2.75, 3.05) is 49.4 Å². The molecule has 0 spiro atoms. The summed E-state index contributed by atoms with van der Waals surface area (Å²) in [6, 6.07) is 18.0. The predicted molar refractivity (Wildman–Crippen MR) is 251 cm³/mol. The molecule has 0 saturated carbocycles. The number of nitrogen functional groups attached to an aromatic ring is 1. The van der Waals surface area contributed by atoms with Gasteiger partial charge in [-0.25, -0.2) is 9.97 Å². The smallest absolute Gasteiger partial charge is 0.353 e. The first kappa shape index (κ1) is 59.5. The van der Waals surface area contributed by atoms with E-state index in [9.17, 15) is 29.8 Å². The number of nitrogens with two attached hydrogens (primary N) is 1. The molecule has 0 bridgehead atoms. The highest BCUT2D eigenvalue weighted by Gasteiger charge is 2.29. The van der Waals surface area contributed by atoms with E-state index in [1.54, 1.807) is 62.8 Å². The van der Waals surface area contributed by atoms with E-state index in [1.165, 1.54) is 35.2 Å². The van der Waals surface area contributed by atoms with Gasteiger partial charge in [-0.1, -0.05) is 85.2 Å². The van der Waals surface area contributed by atoms with Crippen molar-refractivity contribution in [3.63, 3.8) is 0 Å². The highest BCUT2D eigenvalue weighted by molar-refractivity contribution is 7.98. The Morgan fingerprint density at radius 2 is 1.33 bits per heavy atom. The number of esters is 2. The molecule has 8 radical (unpaired) electrons. The van der Waals surface area contributed by atoms with Crippen LogP contribution >= 0.6 is 46.7 Å². The lowest BCUT2D eigenvalue weighted by Crippen LogP contribution is -2.32. The minimum atomic E-state index is -0.714. The quantitative estimate of drug-likeness (QED) is 0.0295. The van der Waals surface area contributed by atoms with Gasteiger partial charge in [-0.2, -0.15) is 20.5 Å². The van der Waals surface area contributed by atoms with Crippen LogP contribution in [0.3, 0.4) is 0 Å². The third-order valence-electron chi connectivity index (χ3n) is 6.69. The van der Waals surface area contributed by atoms with Gasteiger partial charge in [-0.15, -0.1) is 0 Å². The third kappa shape index (κ3) is 22.4. The molecule has 0 saturated heterocycles. The molecule has 2 heterocycles. The molecule has 0 aliphatic rings. The van der Waals surface area contributed by atoms with Crippen LogP contribution in [-0.4, -0.2) is 114 Å². The summed E-state index contributed by atoms with van der Waals surface area (Å²) in [6.07, 6.45) is 3.42. The van der Waals surface area contributed by atoms with Crippen LogP contribution in [0.5, 0.6) is 0 Å². The molecule has 0 fully saturated rings. The van der Waals surface area contributed by atoms with Crippen LogP contribution in [0.1, 0.15) is 43.5 Å². The summed E-state index contributed by atoms with van der Waals surface area (Å²) in [4.78, 5) is 60.5. The summed E-state index contributed by atoms with van der Waals surface area (Å²) < 4.78 is 15.0. The maximum Gasteiger partial charge on any atom is 0.353 e. The van der Waals surface area contributed by atoms with Gasteiger partial charge in [0.25, 0.3) is 0 Å².